The molecule has 0 radical (unpaired) electrons. The van der Waals surface area contributed by atoms with Crippen LogP contribution in [-0.4, -0.2) is 49.3 Å². The number of amides is 2. The molecule has 2 aromatic carbocycles. The van der Waals surface area contributed by atoms with E-state index in [2.05, 4.69) is 20.5 Å². The minimum atomic E-state index is -4.87. The minimum absolute atomic E-state index is 0.0805. The second kappa shape index (κ2) is 10.4. The number of nitrogens with zero attached hydrogens (tertiary/aromatic N) is 2. The smallest absolute Gasteiger partial charge is 0.493 e. The van der Waals surface area contributed by atoms with Gasteiger partial charge in [0, 0.05) is 18.9 Å². The van der Waals surface area contributed by atoms with Gasteiger partial charge in [-0.15, -0.1) is 13.2 Å². The Bertz CT molecular complexity index is 1320. The van der Waals surface area contributed by atoms with Crippen molar-refractivity contribution in [2.24, 2.45) is 0 Å². The van der Waals surface area contributed by atoms with Crippen LogP contribution < -0.4 is 24.8 Å². The van der Waals surface area contributed by atoms with Crippen LogP contribution in [0.15, 0.2) is 42.5 Å². The third-order valence-electron chi connectivity index (χ3n) is 5.51. The molecule has 1 atom stereocenters. The lowest BCUT2D eigenvalue weighted by atomic mass is 10.0. The van der Waals surface area contributed by atoms with Crippen LogP contribution in [0.2, 0.25) is 0 Å². The standard InChI is InChI=1S/C24H23F3N4O6/c1-34-12-16-21(13-7-8-18(35-2)19(9-13)36-3)22-29-23(33)17(31(22)30-16)11-20(32)28-14-5-4-6-15(10-14)37-24(25,26)27/h4-10,17H,11-12H2,1-3H3,(H,28,32)(H,29,33). The molecule has 0 bridgehead atoms. The second-order valence-corrected chi connectivity index (χ2v) is 7.95. The Balaban J connectivity index is 1.59. The lowest BCUT2D eigenvalue weighted by molar-refractivity contribution is -0.274. The number of carbonyl (C=O) groups is 2. The van der Waals surface area contributed by atoms with E-state index in [1.165, 1.54) is 38.1 Å². The number of alkyl halides is 3. The molecule has 10 nitrogen and oxygen atoms in total. The van der Waals surface area contributed by atoms with Crippen molar-refractivity contribution in [1.29, 1.82) is 0 Å². The second-order valence-electron chi connectivity index (χ2n) is 7.95. The number of methoxy groups -OCH3 is 3. The molecular weight excluding hydrogens is 497 g/mol. The molecule has 2 heterocycles. The molecule has 3 aromatic rings. The van der Waals surface area contributed by atoms with Crippen LogP contribution in [0.3, 0.4) is 0 Å². The lowest BCUT2D eigenvalue weighted by Crippen LogP contribution is -2.24. The fourth-order valence-electron chi connectivity index (χ4n) is 4.01. The number of nitrogens with one attached hydrogen (secondary N) is 2. The Morgan fingerprint density at radius 3 is 2.54 bits per heavy atom. The van der Waals surface area contributed by atoms with Gasteiger partial charge in [0.1, 0.15) is 17.6 Å². The van der Waals surface area contributed by atoms with E-state index in [0.29, 0.717) is 34.1 Å². The van der Waals surface area contributed by atoms with Gasteiger partial charge in [0.05, 0.1) is 38.5 Å². The van der Waals surface area contributed by atoms with Crippen molar-refractivity contribution < 1.29 is 41.7 Å². The van der Waals surface area contributed by atoms with Gasteiger partial charge in [0.25, 0.3) is 5.91 Å². The third-order valence-corrected chi connectivity index (χ3v) is 5.51. The Morgan fingerprint density at radius 2 is 1.86 bits per heavy atom. The van der Waals surface area contributed by atoms with Gasteiger partial charge in [-0.3, -0.25) is 9.59 Å². The van der Waals surface area contributed by atoms with Gasteiger partial charge in [0.15, 0.2) is 11.5 Å². The van der Waals surface area contributed by atoms with E-state index in [9.17, 15) is 22.8 Å². The first-order valence-electron chi connectivity index (χ1n) is 10.9. The summed E-state index contributed by atoms with van der Waals surface area (Å²) < 4.78 is 58.7. The zero-order valence-corrected chi connectivity index (χ0v) is 20.0. The van der Waals surface area contributed by atoms with Crippen LogP contribution in [0.1, 0.15) is 18.2 Å². The minimum Gasteiger partial charge on any atom is -0.493 e. The predicted octanol–water partition coefficient (Wildman–Crippen LogP) is 4.13. The predicted molar refractivity (Wildman–Crippen MR) is 126 cm³/mol. The molecule has 1 aromatic heterocycles. The SMILES string of the molecule is COCc1nn2c(c1-c1ccc(OC)c(OC)c1)NC(=O)C2CC(=O)Nc1cccc(OC(F)(F)F)c1. The topological polar surface area (TPSA) is 113 Å². The number of carbonyl (C=O) groups excluding carboxylic acids is 2. The van der Waals surface area contributed by atoms with Crippen LogP contribution in [0.25, 0.3) is 11.1 Å². The molecule has 13 heteroatoms. The largest absolute Gasteiger partial charge is 0.573 e. The summed E-state index contributed by atoms with van der Waals surface area (Å²) in [6, 6.07) is 9.08. The van der Waals surface area contributed by atoms with Crippen molar-refractivity contribution in [1.82, 2.24) is 9.78 Å². The monoisotopic (exact) mass is 520 g/mol. The molecule has 0 saturated carbocycles. The maximum atomic E-state index is 12.8. The van der Waals surface area contributed by atoms with Crippen molar-refractivity contribution in [3.05, 3.63) is 48.2 Å². The number of halogens is 3. The third kappa shape index (κ3) is 5.61. The maximum Gasteiger partial charge on any atom is 0.573 e. The van der Waals surface area contributed by atoms with Crippen molar-refractivity contribution in [3.63, 3.8) is 0 Å². The number of benzene rings is 2. The van der Waals surface area contributed by atoms with E-state index in [0.717, 1.165) is 12.1 Å². The van der Waals surface area contributed by atoms with Gasteiger partial charge in [0.2, 0.25) is 5.91 Å². The van der Waals surface area contributed by atoms with Gasteiger partial charge in [-0.2, -0.15) is 5.10 Å². The van der Waals surface area contributed by atoms with E-state index in [-0.39, 0.29) is 18.7 Å². The van der Waals surface area contributed by atoms with E-state index >= 15 is 0 Å². The fourth-order valence-corrected chi connectivity index (χ4v) is 4.01. The summed E-state index contributed by atoms with van der Waals surface area (Å²) in [5, 5.41) is 9.77. The molecule has 2 amide bonds. The van der Waals surface area contributed by atoms with Crippen LogP contribution in [0.4, 0.5) is 24.7 Å². The molecule has 1 aliphatic heterocycles. The summed E-state index contributed by atoms with van der Waals surface area (Å²) >= 11 is 0. The Kier molecular flexibility index (Phi) is 7.25. The quantitative estimate of drug-likeness (QED) is 0.436. The van der Waals surface area contributed by atoms with E-state index < -0.39 is 30.0 Å². The highest BCUT2D eigenvalue weighted by Crippen LogP contribution is 2.41. The highest BCUT2D eigenvalue weighted by molar-refractivity contribution is 6.04. The average molecular weight is 520 g/mol. The zero-order chi connectivity index (χ0) is 26.7. The molecule has 1 unspecified atom stereocenters. The van der Waals surface area contributed by atoms with E-state index in [1.807, 2.05) is 0 Å². The van der Waals surface area contributed by atoms with Crippen LogP contribution in [0, 0.1) is 0 Å². The van der Waals surface area contributed by atoms with Gasteiger partial charge >= 0.3 is 6.36 Å². The summed E-state index contributed by atoms with van der Waals surface area (Å²) in [6.45, 7) is 0.129. The van der Waals surface area contributed by atoms with Gasteiger partial charge < -0.3 is 29.6 Å². The summed E-state index contributed by atoms with van der Waals surface area (Å²) in [5.41, 5.74) is 1.87. The number of hydrogen-bond donors (Lipinski definition) is 2. The molecule has 0 fully saturated rings. The number of anilines is 2. The number of hydrogen-bond acceptors (Lipinski definition) is 7. The summed E-state index contributed by atoms with van der Waals surface area (Å²) in [4.78, 5) is 25.5. The van der Waals surface area contributed by atoms with E-state index in [1.54, 1.807) is 18.2 Å². The molecule has 0 spiro atoms. The summed E-state index contributed by atoms with van der Waals surface area (Å²) in [6.07, 6.45) is -5.19. The number of aromatic nitrogens is 2. The highest BCUT2D eigenvalue weighted by atomic mass is 19.4. The Hall–Kier alpha value is -4.26. The van der Waals surface area contributed by atoms with Crippen molar-refractivity contribution in [2.45, 2.75) is 25.4 Å². The molecule has 4 rings (SSSR count). The molecule has 2 N–H and O–H groups in total. The maximum absolute atomic E-state index is 12.8. The van der Waals surface area contributed by atoms with Crippen LogP contribution >= 0.6 is 0 Å². The molecule has 196 valence electrons. The molecular formula is C24H23F3N4O6. The first-order valence-corrected chi connectivity index (χ1v) is 10.9. The first kappa shape index (κ1) is 25.8. The van der Waals surface area contributed by atoms with Gasteiger partial charge in [-0.05, 0) is 29.8 Å². The van der Waals surface area contributed by atoms with Gasteiger partial charge in [-0.1, -0.05) is 12.1 Å². The Labute approximate surface area is 209 Å². The number of ether oxygens (including phenoxy) is 4. The van der Waals surface area contributed by atoms with E-state index in [4.69, 9.17) is 14.2 Å². The summed E-state index contributed by atoms with van der Waals surface area (Å²) in [5.74, 6) is -0.178. The molecule has 1 aliphatic rings. The molecule has 0 saturated heterocycles. The van der Waals surface area contributed by atoms with Crippen molar-refractivity contribution in [2.75, 3.05) is 32.0 Å². The Morgan fingerprint density at radius 1 is 1.11 bits per heavy atom. The molecule has 37 heavy (non-hydrogen) atoms. The van der Waals surface area contributed by atoms with Crippen LogP contribution in [-0.2, 0) is 20.9 Å². The lowest BCUT2D eigenvalue weighted by Gasteiger charge is -2.12. The highest BCUT2D eigenvalue weighted by Gasteiger charge is 2.37. The first-order chi connectivity index (χ1) is 17.6. The fraction of sp³-hybridized carbons (Fsp3) is 0.292. The number of rotatable bonds is 9. The molecule has 0 aliphatic carbocycles. The van der Waals surface area contributed by atoms with Crippen molar-refractivity contribution in [3.8, 4) is 28.4 Å². The van der Waals surface area contributed by atoms with Crippen LogP contribution in [0.5, 0.6) is 17.2 Å². The van der Waals surface area contributed by atoms with Gasteiger partial charge in [-0.25, -0.2) is 4.68 Å². The normalized spacial score (nSPS) is 14.6. The number of fused-ring (bicyclic) bond motifs is 1. The average Bonchev–Trinajstić information content (AvgIpc) is 3.32. The zero-order valence-electron chi connectivity index (χ0n) is 20.0. The summed E-state index contributed by atoms with van der Waals surface area (Å²) in [7, 11) is 4.52. The van der Waals surface area contributed by atoms with Crippen molar-refractivity contribution >= 4 is 23.3 Å².